The molecule has 0 saturated heterocycles. The van der Waals surface area contributed by atoms with Gasteiger partial charge in [0.2, 0.25) is 5.89 Å². The number of amides is 1. The molecule has 37 heavy (non-hydrogen) atoms. The molecule has 3 heterocycles. The SMILES string of the molecule is COc1ccc(-c2ccc(C(=O)Nc3cc(-c4nc5ncccc5o4)cc(Cl)c3OC)o2)c([N+](=O)[O-])c1. The number of carbonyl (C=O) groups is 1. The fourth-order valence-corrected chi connectivity index (χ4v) is 3.99. The largest absolute Gasteiger partial charge is 0.497 e. The van der Waals surface area contributed by atoms with E-state index >= 15 is 0 Å². The van der Waals surface area contributed by atoms with Crippen LogP contribution in [-0.2, 0) is 0 Å². The summed E-state index contributed by atoms with van der Waals surface area (Å²) in [6.45, 7) is 0. The summed E-state index contributed by atoms with van der Waals surface area (Å²) in [5, 5.41) is 14.4. The summed E-state index contributed by atoms with van der Waals surface area (Å²) in [7, 11) is 2.82. The minimum atomic E-state index is -0.631. The number of pyridine rings is 1. The molecule has 1 amide bonds. The number of hydrogen-bond acceptors (Lipinski definition) is 9. The third-order valence-electron chi connectivity index (χ3n) is 5.40. The molecular weight excluding hydrogens is 504 g/mol. The summed E-state index contributed by atoms with van der Waals surface area (Å²) < 4.78 is 21.8. The molecule has 0 spiro atoms. The first kappa shape index (κ1) is 23.8. The van der Waals surface area contributed by atoms with Crippen LogP contribution >= 0.6 is 11.6 Å². The second-order valence-electron chi connectivity index (χ2n) is 7.64. The molecule has 5 rings (SSSR count). The number of ether oxygens (including phenoxy) is 2. The molecule has 11 nitrogen and oxygen atoms in total. The number of fused-ring (bicyclic) bond motifs is 1. The molecule has 2 aromatic carbocycles. The maximum Gasteiger partial charge on any atom is 0.291 e. The number of methoxy groups -OCH3 is 2. The highest BCUT2D eigenvalue weighted by atomic mass is 35.5. The highest BCUT2D eigenvalue weighted by Crippen LogP contribution is 2.39. The number of nitro benzene ring substituents is 1. The van der Waals surface area contributed by atoms with Crippen molar-refractivity contribution in [3.8, 4) is 34.3 Å². The topological polar surface area (TPSA) is 143 Å². The fraction of sp³-hybridized carbons (Fsp3) is 0.0800. The summed E-state index contributed by atoms with van der Waals surface area (Å²) in [4.78, 5) is 32.5. The van der Waals surface area contributed by atoms with Crippen molar-refractivity contribution in [2.75, 3.05) is 19.5 Å². The Hall–Kier alpha value is -4.90. The van der Waals surface area contributed by atoms with E-state index in [-0.39, 0.29) is 45.1 Å². The number of furan rings is 1. The molecule has 0 aliphatic heterocycles. The Morgan fingerprint density at radius 3 is 2.65 bits per heavy atom. The minimum Gasteiger partial charge on any atom is -0.497 e. The molecule has 0 aliphatic carbocycles. The van der Waals surface area contributed by atoms with Gasteiger partial charge in [0, 0.05) is 11.8 Å². The Balaban J connectivity index is 1.46. The highest BCUT2D eigenvalue weighted by molar-refractivity contribution is 6.33. The first-order valence-electron chi connectivity index (χ1n) is 10.7. The van der Waals surface area contributed by atoms with Gasteiger partial charge in [0.15, 0.2) is 22.7 Å². The Labute approximate surface area is 213 Å². The Bertz CT molecular complexity index is 1630. The van der Waals surface area contributed by atoms with Crippen LogP contribution in [0.25, 0.3) is 34.0 Å². The van der Waals surface area contributed by atoms with Gasteiger partial charge in [-0.25, -0.2) is 4.98 Å². The first-order chi connectivity index (χ1) is 17.9. The quantitative estimate of drug-likeness (QED) is 0.202. The van der Waals surface area contributed by atoms with Gasteiger partial charge in [0.05, 0.1) is 41.5 Å². The highest BCUT2D eigenvalue weighted by Gasteiger charge is 2.23. The zero-order valence-electron chi connectivity index (χ0n) is 19.4. The molecule has 3 aromatic heterocycles. The predicted octanol–water partition coefficient (Wildman–Crippen LogP) is 5.98. The number of anilines is 1. The zero-order valence-corrected chi connectivity index (χ0v) is 20.1. The van der Waals surface area contributed by atoms with Crippen molar-refractivity contribution in [1.29, 1.82) is 0 Å². The Morgan fingerprint density at radius 1 is 1.08 bits per heavy atom. The van der Waals surface area contributed by atoms with E-state index in [2.05, 4.69) is 15.3 Å². The normalized spacial score (nSPS) is 10.9. The van der Waals surface area contributed by atoms with Gasteiger partial charge in [0.25, 0.3) is 11.6 Å². The molecule has 0 saturated carbocycles. The molecular formula is C25H17ClN4O7. The molecule has 5 aromatic rings. The van der Waals surface area contributed by atoms with E-state index in [1.165, 1.54) is 38.5 Å². The molecule has 0 fully saturated rings. The smallest absolute Gasteiger partial charge is 0.291 e. The van der Waals surface area contributed by atoms with Gasteiger partial charge in [-0.3, -0.25) is 14.9 Å². The second kappa shape index (κ2) is 9.63. The predicted molar refractivity (Wildman–Crippen MR) is 134 cm³/mol. The number of carbonyl (C=O) groups excluding carboxylic acids is 1. The lowest BCUT2D eigenvalue weighted by atomic mass is 10.1. The average molecular weight is 521 g/mol. The van der Waals surface area contributed by atoms with Crippen molar-refractivity contribution in [2.24, 2.45) is 0 Å². The number of halogens is 1. The standard InChI is InChI=1S/C25H17ClN4O7/c1-34-14-5-6-15(18(12-14)30(32)33)19-7-8-21(36-19)24(31)28-17-11-13(10-16(26)22(17)35-2)25-29-23-20(37-25)4-3-9-27-23/h3-12H,1-2H3,(H,28,31). The molecule has 0 unspecified atom stereocenters. The van der Waals surface area contributed by atoms with Gasteiger partial charge in [-0.1, -0.05) is 11.6 Å². The maximum atomic E-state index is 13.0. The van der Waals surface area contributed by atoms with Crippen LogP contribution in [0.3, 0.4) is 0 Å². The van der Waals surface area contributed by atoms with Crippen LogP contribution in [0.2, 0.25) is 5.02 Å². The van der Waals surface area contributed by atoms with Crippen LogP contribution in [0.5, 0.6) is 11.5 Å². The lowest BCUT2D eigenvalue weighted by Gasteiger charge is -2.12. The lowest BCUT2D eigenvalue weighted by molar-refractivity contribution is -0.384. The number of rotatable bonds is 7. The van der Waals surface area contributed by atoms with E-state index in [1.54, 1.807) is 36.5 Å². The van der Waals surface area contributed by atoms with E-state index in [1.807, 2.05) is 0 Å². The van der Waals surface area contributed by atoms with E-state index in [4.69, 9.17) is 29.9 Å². The number of hydrogen-bond donors (Lipinski definition) is 1. The number of nitrogens with one attached hydrogen (secondary N) is 1. The van der Waals surface area contributed by atoms with E-state index in [9.17, 15) is 14.9 Å². The third kappa shape index (κ3) is 4.55. The van der Waals surface area contributed by atoms with E-state index in [0.717, 1.165) is 0 Å². The van der Waals surface area contributed by atoms with Crippen molar-refractivity contribution in [1.82, 2.24) is 9.97 Å². The number of oxazole rings is 1. The van der Waals surface area contributed by atoms with Gasteiger partial charge in [-0.2, -0.15) is 4.98 Å². The molecule has 1 N–H and O–H groups in total. The first-order valence-corrected chi connectivity index (χ1v) is 11.1. The van der Waals surface area contributed by atoms with Crippen molar-refractivity contribution < 1.29 is 28.0 Å². The Morgan fingerprint density at radius 2 is 1.92 bits per heavy atom. The number of nitrogens with zero attached hydrogens (tertiary/aromatic N) is 3. The van der Waals surface area contributed by atoms with Crippen LogP contribution in [-0.4, -0.2) is 35.0 Å². The molecule has 12 heteroatoms. The van der Waals surface area contributed by atoms with Crippen molar-refractivity contribution >= 4 is 40.1 Å². The molecule has 186 valence electrons. The molecule has 0 atom stereocenters. The lowest BCUT2D eigenvalue weighted by Crippen LogP contribution is -2.12. The number of aromatic nitrogens is 2. The van der Waals surface area contributed by atoms with Crippen molar-refractivity contribution in [2.45, 2.75) is 0 Å². The summed E-state index contributed by atoms with van der Waals surface area (Å²) in [6.07, 6.45) is 1.60. The zero-order chi connectivity index (χ0) is 26.1. The average Bonchev–Trinajstić information content (AvgIpc) is 3.56. The van der Waals surface area contributed by atoms with Crippen molar-refractivity contribution in [3.63, 3.8) is 0 Å². The molecule has 0 radical (unpaired) electrons. The van der Waals surface area contributed by atoms with Crippen molar-refractivity contribution in [3.05, 3.63) is 81.7 Å². The summed E-state index contributed by atoms with van der Waals surface area (Å²) in [5.74, 6) is 0.199. The van der Waals surface area contributed by atoms with E-state index in [0.29, 0.717) is 22.5 Å². The maximum absolute atomic E-state index is 13.0. The summed E-state index contributed by atoms with van der Waals surface area (Å²) >= 11 is 6.41. The molecule has 0 aliphatic rings. The Kier molecular flexibility index (Phi) is 6.20. The monoisotopic (exact) mass is 520 g/mol. The van der Waals surface area contributed by atoms with Gasteiger partial charge in [-0.05, 0) is 48.5 Å². The van der Waals surface area contributed by atoms with Crippen LogP contribution in [0.15, 0.2) is 69.6 Å². The van der Waals surface area contributed by atoms with E-state index < -0.39 is 10.8 Å². The van der Waals surface area contributed by atoms with Crippen LogP contribution < -0.4 is 14.8 Å². The number of nitro groups is 1. The van der Waals surface area contributed by atoms with Gasteiger partial charge >= 0.3 is 0 Å². The van der Waals surface area contributed by atoms with Gasteiger partial charge in [-0.15, -0.1) is 0 Å². The van der Waals surface area contributed by atoms with Crippen LogP contribution in [0.4, 0.5) is 11.4 Å². The van der Waals surface area contributed by atoms with Crippen LogP contribution in [0.1, 0.15) is 10.6 Å². The fourth-order valence-electron chi connectivity index (χ4n) is 3.70. The van der Waals surface area contributed by atoms with Crippen LogP contribution in [0, 0.1) is 10.1 Å². The second-order valence-corrected chi connectivity index (χ2v) is 8.05. The van der Waals surface area contributed by atoms with Gasteiger partial charge < -0.3 is 23.6 Å². The third-order valence-corrected chi connectivity index (χ3v) is 5.69. The number of benzene rings is 2. The van der Waals surface area contributed by atoms with Gasteiger partial charge in [0.1, 0.15) is 11.5 Å². The summed E-state index contributed by atoms with van der Waals surface area (Å²) in [6, 6.07) is 13.8. The molecule has 0 bridgehead atoms. The minimum absolute atomic E-state index is 0.0882. The summed E-state index contributed by atoms with van der Waals surface area (Å²) in [5.41, 5.74) is 1.59.